The lowest BCUT2D eigenvalue weighted by atomic mass is 9.95. The summed E-state index contributed by atoms with van der Waals surface area (Å²) in [5, 5.41) is 5.79. The number of rotatable bonds is 5. The fraction of sp³-hybridized carbons (Fsp3) is 0.524. The summed E-state index contributed by atoms with van der Waals surface area (Å²) in [6.07, 6.45) is 6.51. The minimum Gasteiger partial charge on any atom is -0.493 e. The van der Waals surface area contributed by atoms with E-state index in [9.17, 15) is 9.59 Å². The van der Waals surface area contributed by atoms with Crippen LogP contribution in [0.2, 0.25) is 0 Å². The Balaban J connectivity index is 1.79. The normalized spacial score (nSPS) is 20.3. The molecule has 1 aromatic heterocycles. The minimum atomic E-state index is -0.240. The number of fused-ring (bicyclic) bond motifs is 1. The molecule has 1 aliphatic heterocycles. The second-order valence-electron chi connectivity index (χ2n) is 7.49. The fourth-order valence-electron chi connectivity index (χ4n) is 4.14. The number of aromatic amines is 1. The van der Waals surface area contributed by atoms with Gasteiger partial charge in [0.2, 0.25) is 5.91 Å². The second-order valence-corrected chi connectivity index (χ2v) is 8.58. The predicted octanol–water partition coefficient (Wildman–Crippen LogP) is 4.25. The minimum absolute atomic E-state index is 0.0655. The molecule has 2 aromatic rings. The molecule has 4 rings (SSSR count). The largest absolute Gasteiger partial charge is 0.493 e. The van der Waals surface area contributed by atoms with Gasteiger partial charge in [-0.05, 0) is 25.3 Å². The lowest BCUT2D eigenvalue weighted by Crippen LogP contribution is -2.21. The Hall–Kier alpha value is -2.15. The van der Waals surface area contributed by atoms with Gasteiger partial charge in [0.05, 0.1) is 29.2 Å². The van der Waals surface area contributed by atoms with Crippen molar-refractivity contribution in [1.82, 2.24) is 9.78 Å². The number of carbonyl (C=O) groups is 1. The first-order valence-electron chi connectivity index (χ1n) is 10.2. The summed E-state index contributed by atoms with van der Waals surface area (Å²) >= 11 is 1.48. The maximum Gasteiger partial charge on any atom is 0.270 e. The Labute approximate surface area is 169 Å². The first-order chi connectivity index (χ1) is 13.7. The molecule has 2 N–H and O–H groups in total. The molecule has 2 heterocycles. The van der Waals surface area contributed by atoms with Crippen molar-refractivity contribution in [1.29, 1.82) is 0 Å². The monoisotopic (exact) mass is 401 g/mol. The van der Waals surface area contributed by atoms with E-state index in [1.807, 2.05) is 28.9 Å². The number of aromatic nitrogens is 2. The molecule has 0 saturated heterocycles. The standard InChI is InChI=1S/C21H27N3O3S/c1-2-12-27-16-11-7-6-10-15(16)19-18-20(22-17(25)13-28-19)24(23-21(18)26)14-8-4-3-5-9-14/h6-7,10-11,14,19H,2-5,8-9,12-13H2,1H3,(H,22,25)(H,23,26)/t19-/m1/s1. The third-order valence-corrected chi connectivity index (χ3v) is 6.72. The second kappa shape index (κ2) is 8.47. The summed E-state index contributed by atoms with van der Waals surface area (Å²) in [5.41, 5.74) is 1.46. The zero-order valence-corrected chi connectivity index (χ0v) is 17.0. The van der Waals surface area contributed by atoms with Crippen molar-refractivity contribution in [3.05, 3.63) is 45.7 Å². The van der Waals surface area contributed by atoms with Crippen LogP contribution in [0.3, 0.4) is 0 Å². The molecule has 1 amide bonds. The number of thioether (sulfide) groups is 1. The predicted molar refractivity (Wildman–Crippen MR) is 112 cm³/mol. The summed E-state index contributed by atoms with van der Waals surface area (Å²) < 4.78 is 7.87. The average molecular weight is 402 g/mol. The van der Waals surface area contributed by atoms with Crippen molar-refractivity contribution in [2.75, 3.05) is 17.7 Å². The number of amides is 1. The van der Waals surface area contributed by atoms with E-state index in [-0.39, 0.29) is 22.8 Å². The van der Waals surface area contributed by atoms with Crippen LogP contribution in [0.5, 0.6) is 5.75 Å². The van der Waals surface area contributed by atoms with Gasteiger partial charge in [-0.15, -0.1) is 11.8 Å². The Kier molecular flexibility index (Phi) is 5.80. The van der Waals surface area contributed by atoms with E-state index >= 15 is 0 Å². The maximum absolute atomic E-state index is 13.0. The van der Waals surface area contributed by atoms with Crippen LogP contribution in [0, 0.1) is 0 Å². The van der Waals surface area contributed by atoms with Gasteiger partial charge >= 0.3 is 0 Å². The molecular formula is C21H27N3O3S. The van der Waals surface area contributed by atoms with Crippen LogP contribution < -0.4 is 15.6 Å². The van der Waals surface area contributed by atoms with Gasteiger partial charge in [0, 0.05) is 5.56 Å². The summed E-state index contributed by atoms with van der Waals surface area (Å²) in [6, 6.07) is 8.08. The maximum atomic E-state index is 13.0. The van der Waals surface area contributed by atoms with E-state index in [1.165, 1.54) is 18.2 Å². The molecule has 0 radical (unpaired) electrons. The molecule has 7 heteroatoms. The summed E-state index contributed by atoms with van der Waals surface area (Å²) in [5.74, 6) is 1.67. The number of anilines is 1. The molecule has 1 atom stereocenters. The molecular weight excluding hydrogens is 374 g/mol. The molecule has 1 aromatic carbocycles. The van der Waals surface area contributed by atoms with Gasteiger partial charge in [-0.2, -0.15) is 0 Å². The van der Waals surface area contributed by atoms with Crippen LogP contribution in [0.25, 0.3) is 0 Å². The van der Waals surface area contributed by atoms with Crippen molar-refractivity contribution < 1.29 is 9.53 Å². The number of ether oxygens (including phenoxy) is 1. The third kappa shape index (κ3) is 3.72. The topological polar surface area (TPSA) is 76.1 Å². The Morgan fingerprint density at radius 3 is 2.75 bits per heavy atom. The first kappa shape index (κ1) is 19.2. The number of para-hydroxylation sites is 1. The van der Waals surface area contributed by atoms with E-state index < -0.39 is 0 Å². The molecule has 6 nitrogen and oxygen atoms in total. The van der Waals surface area contributed by atoms with Crippen molar-refractivity contribution in [2.45, 2.75) is 56.7 Å². The van der Waals surface area contributed by atoms with Crippen molar-refractivity contribution in [3.8, 4) is 5.75 Å². The number of H-pyrrole nitrogens is 1. The zero-order chi connectivity index (χ0) is 19.5. The van der Waals surface area contributed by atoms with Crippen LogP contribution >= 0.6 is 11.8 Å². The number of hydrogen-bond donors (Lipinski definition) is 2. The highest BCUT2D eigenvalue weighted by Crippen LogP contribution is 2.44. The van der Waals surface area contributed by atoms with E-state index in [2.05, 4.69) is 17.3 Å². The molecule has 1 saturated carbocycles. The molecule has 1 aliphatic carbocycles. The molecule has 2 aliphatic rings. The molecule has 0 spiro atoms. The number of hydrogen-bond acceptors (Lipinski definition) is 4. The lowest BCUT2D eigenvalue weighted by Gasteiger charge is -2.25. The number of benzene rings is 1. The molecule has 0 unspecified atom stereocenters. The van der Waals surface area contributed by atoms with Gasteiger partial charge in [-0.1, -0.05) is 44.4 Å². The van der Waals surface area contributed by atoms with Gasteiger partial charge in [-0.25, -0.2) is 0 Å². The Bertz CT molecular complexity index is 899. The highest BCUT2D eigenvalue weighted by molar-refractivity contribution is 8.00. The molecule has 28 heavy (non-hydrogen) atoms. The molecule has 0 bridgehead atoms. The van der Waals surface area contributed by atoms with Gasteiger partial charge in [-0.3, -0.25) is 19.4 Å². The van der Waals surface area contributed by atoms with E-state index in [4.69, 9.17) is 4.74 Å². The average Bonchev–Trinajstić information content (AvgIpc) is 2.93. The summed E-state index contributed by atoms with van der Waals surface area (Å²) in [7, 11) is 0. The zero-order valence-electron chi connectivity index (χ0n) is 16.2. The van der Waals surface area contributed by atoms with Crippen molar-refractivity contribution >= 4 is 23.5 Å². The number of nitrogens with zero attached hydrogens (tertiary/aromatic N) is 1. The molecule has 1 fully saturated rings. The Morgan fingerprint density at radius 1 is 1.18 bits per heavy atom. The highest BCUT2D eigenvalue weighted by Gasteiger charge is 2.33. The van der Waals surface area contributed by atoms with E-state index in [0.717, 1.165) is 43.4 Å². The van der Waals surface area contributed by atoms with Crippen LogP contribution in [-0.4, -0.2) is 28.0 Å². The van der Waals surface area contributed by atoms with Crippen molar-refractivity contribution in [2.24, 2.45) is 0 Å². The van der Waals surface area contributed by atoms with Crippen LogP contribution in [0.1, 0.15) is 67.9 Å². The smallest absolute Gasteiger partial charge is 0.270 e. The van der Waals surface area contributed by atoms with E-state index in [1.54, 1.807) is 0 Å². The highest BCUT2D eigenvalue weighted by atomic mass is 32.2. The van der Waals surface area contributed by atoms with Crippen molar-refractivity contribution in [3.63, 3.8) is 0 Å². The van der Waals surface area contributed by atoms with Crippen LogP contribution in [0.15, 0.2) is 29.1 Å². The lowest BCUT2D eigenvalue weighted by molar-refractivity contribution is -0.113. The number of nitrogens with one attached hydrogen (secondary N) is 2. The van der Waals surface area contributed by atoms with Crippen LogP contribution in [0.4, 0.5) is 5.82 Å². The van der Waals surface area contributed by atoms with Gasteiger partial charge in [0.25, 0.3) is 5.56 Å². The first-order valence-corrected chi connectivity index (χ1v) is 11.2. The quantitative estimate of drug-likeness (QED) is 0.785. The SMILES string of the molecule is CCCOc1ccccc1[C@H]1SCC(=O)Nc2c1c(=O)[nH]n2C1CCCCC1. The van der Waals surface area contributed by atoms with Gasteiger partial charge in [0.1, 0.15) is 11.6 Å². The van der Waals surface area contributed by atoms with Crippen LogP contribution in [-0.2, 0) is 4.79 Å². The fourth-order valence-corrected chi connectivity index (χ4v) is 5.29. The van der Waals surface area contributed by atoms with Gasteiger partial charge in [0.15, 0.2) is 0 Å². The van der Waals surface area contributed by atoms with E-state index in [0.29, 0.717) is 23.7 Å². The number of carbonyl (C=O) groups excluding carboxylic acids is 1. The van der Waals surface area contributed by atoms with Gasteiger partial charge < -0.3 is 10.1 Å². The summed E-state index contributed by atoms with van der Waals surface area (Å²) in [6.45, 7) is 2.69. The third-order valence-electron chi connectivity index (χ3n) is 5.47. The summed E-state index contributed by atoms with van der Waals surface area (Å²) in [4.78, 5) is 25.4. The molecule has 150 valence electrons. The Morgan fingerprint density at radius 2 is 1.96 bits per heavy atom.